The molecule has 0 bridgehead atoms. The van der Waals surface area contributed by atoms with Crippen molar-refractivity contribution < 1.29 is 28.2 Å². The Labute approximate surface area is 167 Å². The number of amides is 2. The molecule has 152 valence electrons. The zero-order valence-corrected chi connectivity index (χ0v) is 15.9. The number of esters is 1. The maximum atomic E-state index is 13.2. The Hall–Kier alpha value is -3.42. The van der Waals surface area contributed by atoms with E-state index in [4.69, 9.17) is 4.74 Å². The Bertz CT molecular complexity index is 900. The predicted octanol–water partition coefficient (Wildman–Crippen LogP) is 2.36. The number of ether oxygens (including phenoxy) is 2. The first-order chi connectivity index (χ1) is 14.0. The molecule has 0 aromatic heterocycles. The molecule has 7 nitrogen and oxygen atoms in total. The van der Waals surface area contributed by atoms with Crippen molar-refractivity contribution in [2.24, 2.45) is 0 Å². The summed E-state index contributed by atoms with van der Waals surface area (Å²) in [5.74, 6) is -0.915. The average molecular weight is 400 g/mol. The lowest BCUT2D eigenvalue weighted by Gasteiger charge is -2.29. The molecule has 0 saturated heterocycles. The van der Waals surface area contributed by atoms with Crippen LogP contribution in [0.2, 0.25) is 0 Å². The molecule has 0 radical (unpaired) electrons. The molecule has 3 rings (SSSR count). The summed E-state index contributed by atoms with van der Waals surface area (Å²) in [7, 11) is 1.26. The van der Waals surface area contributed by atoms with E-state index >= 15 is 0 Å². The molecule has 8 heteroatoms. The number of fused-ring (bicyclic) bond motifs is 1. The number of nitrogens with zero attached hydrogens (tertiary/aromatic N) is 1. The number of carbonyl (C=O) groups is 3. The summed E-state index contributed by atoms with van der Waals surface area (Å²) in [5.41, 5.74) is 1.19. The van der Waals surface area contributed by atoms with Crippen molar-refractivity contribution in [3.63, 3.8) is 0 Å². The van der Waals surface area contributed by atoms with Crippen LogP contribution >= 0.6 is 0 Å². The van der Waals surface area contributed by atoms with Gasteiger partial charge < -0.3 is 19.7 Å². The highest BCUT2D eigenvalue weighted by molar-refractivity contribution is 5.98. The van der Waals surface area contributed by atoms with E-state index in [-0.39, 0.29) is 37.8 Å². The van der Waals surface area contributed by atoms with Crippen LogP contribution in [0.1, 0.15) is 24.4 Å². The Balaban J connectivity index is 1.66. The largest absolute Gasteiger partial charge is 0.482 e. The summed E-state index contributed by atoms with van der Waals surface area (Å²) in [5, 5.41) is 2.76. The van der Waals surface area contributed by atoms with E-state index in [2.05, 4.69) is 10.1 Å². The van der Waals surface area contributed by atoms with Crippen molar-refractivity contribution in [2.75, 3.05) is 25.2 Å². The molecule has 0 aliphatic carbocycles. The van der Waals surface area contributed by atoms with Crippen LogP contribution in [-0.2, 0) is 19.1 Å². The molecular formula is C21H21FN2O5. The standard InChI is InChI=1S/C21H21FN2O5/c1-28-21(27)12-16(14-6-8-15(22)9-7-14)23-19(25)10-11-24-17-4-2-3-5-18(17)29-13-20(24)26/h2-9,16H,10-13H2,1H3,(H,23,25)/t16-/m1/s1. The van der Waals surface area contributed by atoms with Crippen molar-refractivity contribution >= 4 is 23.5 Å². The number of benzene rings is 2. The number of carbonyl (C=O) groups excluding carboxylic acids is 3. The van der Waals surface area contributed by atoms with E-state index in [9.17, 15) is 18.8 Å². The molecule has 1 heterocycles. The Morgan fingerprint density at radius 1 is 1.21 bits per heavy atom. The van der Waals surface area contributed by atoms with Crippen LogP contribution in [0.5, 0.6) is 5.75 Å². The molecular weight excluding hydrogens is 379 g/mol. The lowest BCUT2D eigenvalue weighted by atomic mass is 10.0. The summed E-state index contributed by atoms with van der Waals surface area (Å²) in [4.78, 5) is 37.9. The zero-order valence-electron chi connectivity index (χ0n) is 15.9. The summed E-state index contributed by atoms with van der Waals surface area (Å²) < 4.78 is 23.3. The molecule has 1 aliphatic rings. The molecule has 1 aliphatic heterocycles. The fourth-order valence-corrected chi connectivity index (χ4v) is 3.08. The second-order valence-electron chi connectivity index (χ2n) is 6.50. The Morgan fingerprint density at radius 3 is 2.66 bits per heavy atom. The number of para-hydroxylation sites is 2. The Morgan fingerprint density at radius 2 is 1.93 bits per heavy atom. The fourth-order valence-electron chi connectivity index (χ4n) is 3.08. The van der Waals surface area contributed by atoms with Gasteiger partial charge in [0.05, 0.1) is 25.3 Å². The predicted molar refractivity (Wildman–Crippen MR) is 103 cm³/mol. The third-order valence-electron chi connectivity index (χ3n) is 4.58. The number of hydrogen-bond acceptors (Lipinski definition) is 5. The van der Waals surface area contributed by atoms with Gasteiger partial charge in [-0.05, 0) is 29.8 Å². The van der Waals surface area contributed by atoms with E-state index in [0.717, 1.165) is 0 Å². The van der Waals surface area contributed by atoms with Gasteiger partial charge in [0.2, 0.25) is 5.91 Å². The van der Waals surface area contributed by atoms with Crippen LogP contribution in [0, 0.1) is 5.82 Å². The minimum atomic E-state index is -0.664. The van der Waals surface area contributed by atoms with Gasteiger partial charge in [0, 0.05) is 13.0 Å². The number of halogens is 1. The van der Waals surface area contributed by atoms with Crippen molar-refractivity contribution in [2.45, 2.75) is 18.9 Å². The number of rotatable bonds is 7. The summed E-state index contributed by atoms with van der Waals surface area (Å²) >= 11 is 0. The number of hydrogen-bond donors (Lipinski definition) is 1. The maximum absolute atomic E-state index is 13.2. The molecule has 29 heavy (non-hydrogen) atoms. The van der Waals surface area contributed by atoms with Gasteiger partial charge >= 0.3 is 5.97 Å². The van der Waals surface area contributed by atoms with Gasteiger partial charge in [0.15, 0.2) is 6.61 Å². The summed E-state index contributed by atoms with van der Waals surface area (Å²) in [6.45, 7) is 0.0819. The van der Waals surface area contributed by atoms with Gasteiger partial charge in [0.1, 0.15) is 11.6 Å². The monoisotopic (exact) mass is 400 g/mol. The van der Waals surface area contributed by atoms with Gasteiger partial charge in [0.25, 0.3) is 5.91 Å². The van der Waals surface area contributed by atoms with E-state index in [1.165, 1.54) is 36.3 Å². The number of anilines is 1. The summed E-state index contributed by atoms with van der Waals surface area (Å²) in [6, 6.07) is 12.0. The normalized spacial score (nSPS) is 13.9. The van der Waals surface area contributed by atoms with Crippen LogP contribution in [0.25, 0.3) is 0 Å². The topological polar surface area (TPSA) is 84.9 Å². The first-order valence-corrected chi connectivity index (χ1v) is 9.11. The van der Waals surface area contributed by atoms with Crippen molar-refractivity contribution in [1.82, 2.24) is 5.32 Å². The highest BCUT2D eigenvalue weighted by Gasteiger charge is 2.26. The third-order valence-corrected chi connectivity index (χ3v) is 4.58. The zero-order chi connectivity index (χ0) is 20.8. The van der Waals surface area contributed by atoms with Gasteiger partial charge in [-0.15, -0.1) is 0 Å². The lowest BCUT2D eigenvalue weighted by molar-refractivity contribution is -0.141. The molecule has 2 amide bonds. The smallest absolute Gasteiger partial charge is 0.307 e. The van der Waals surface area contributed by atoms with E-state index < -0.39 is 17.8 Å². The van der Waals surface area contributed by atoms with Crippen molar-refractivity contribution in [3.8, 4) is 5.75 Å². The molecule has 1 N–H and O–H groups in total. The second kappa shape index (κ2) is 9.18. The highest BCUT2D eigenvalue weighted by atomic mass is 19.1. The average Bonchev–Trinajstić information content (AvgIpc) is 2.73. The van der Waals surface area contributed by atoms with Crippen molar-refractivity contribution in [1.29, 1.82) is 0 Å². The minimum Gasteiger partial charge on any atom is -0.482 e. The van der Waals surface area contributed by atoms with Crippen molar-refractivity contribution in [3.05, 3.63) is 59.9 Å². The van der Waals surface area contributed by atoms with Crippen LogP contribution < -0.4 is 15.0 Å². The molecule has 0 spiro atoms. The van der Waals surface area contributed by atoms with Crippen LogP contribution in [0.4, 0.5) is 10.1 Å². The maximum Gasteiger partial charge on any atom is 0.307 e. The van der Waals surface area contributed by atoms with E-state index in [1.807, 2.05) is 0 Å². The van der Waals surface area contributed by atoms with Gasteiger partial charge in [-0.3, -0.25) is 14.4 Å². The molecule has 2 aromatic rings. The van der Waals surface area contributed by atoms with Gasteiger partial charge in [-0.25, -0.2) is 4.39 Å². The number of methoxy groups -OCH3 is 1. The lowest BCUT2D eigenvalue weighted by Crippen LogP contribution is -2.41. The highest BCUT2D eigenvalue weighted by Crippen LogP contribution is 2.31. The minimum absolute atomic E-state index is 0.0267. The van der Waals surface area contributed by atoms with Crippen LogP contribution in [-0.4, -0.2) is 38.0 Å². The SMILES string of the molecule is COC(=O)C[C@@H](NC(=O)CCN1C(=O)COc2ccccc21)c1ccc(F)cc1. The molecule has 0 fully saturated rings. The second-order valence-corrected chi connectivity index (χ2v) is 6.50. The van der Waals surface area contributed by atoms with Crippen LogP contribution in [0.15, 0.2) is 48.5 Å². The summed E-state index contributed by atoms with van der Waals surface area (Å²) in [6.07, 6.45) is -0.0634. The van der Waals surface area contributed by atoms with E-state index in [0.29, 0.717) is 17.0 Å². The molecule has 0 saturated carbocycles. The fraction of sp³-hybridized carbons (Fsp3) is 0.286. The van der Waals surface area contributed by atoms with Gasteiger partial charge in [-0.2, -0.15) is 0 Å². The first kappa shape index (κ1) is 20.3. The quantitative estimate of drug-likeness (QED) is 0.722. The van der Waals surface area contributed by atoms with E-state index in [1.54, 1.807) is 24.3 Å². The Kier molecular flexibility index (Phi) is 6.43. The van der Waals surface area contributed by atoms with Crippen LogP contribution in [0.3, 0.4) is 0 Å². The molecule has 0 unspecified atom stereocenters. The third kappa shape index (κ3) is 5.10. The molecule has 1 atom stereocenters. The molecule has 2 aromatic carbocycles. The first-order valence-electron chi connectivity index (χ1n) is 9.11. The van der Waals surface area contributed by atoms with Gasteiger partial charge in [-0.1, -0.05) is 24.3 Å². The number of nitrogens with one attached hydrogen (secondary N) is 1.